The first-order chi connectivity index (χ1) is 15.2. The van der Waals surface area contributed by atoms with Crippen molar-refractivity contribution in [3.05, 3.63) is 58.4 Å². The van der Waals surface area contributed by atoms with E-state index in [-0.39, 0.29) is 31.2 Å². The molecule has 2 aromatic carbocycles. The molecule has 0 atom stereocenters. The Morgan fingerprint density at radius 3 is 2.50 bits per heavy atom. The van der Waals surface area contributed by atoms with Gasteiger partial charge in [0.2, 0.25) is 5.91 Å². The Labute approximate surface area is 192 Å². The zero-order chi connectivity index (χ0) is 23.3. The zero-order valence-corrected chi connectivity index (χ0v) is 19.4. The Bertz CT molecular complexity index is 1080. The van der Waals surface area contributed by atoms with Crippen molar-refractivity contribution in [3.8, 4) is 11.5 Å². The van der Waals surface area contributed by atoms with Crippen LogP contribution in [0, 0.1) is 5.82 Å². The summed E-state index contributed by atoms with van der Waals surface area (Å²) in [6.45, 7) is 0.483. The molecule has 0 bridgehead atoms. The Morgan fingerprint density at radius 2 is 1.81 bits per heavy atom. The number of methoxy groups -OCH3 is 2. The van der Waals surface area contributed by atoms with Gasteiger partial charge < -0.3 is 14.8 Å². The zero-order valence-electron chi connectivity index (χ0n) is 17.8. The van der Waals surface area contributed by atoms with Crippen LogP contribution in [0.25, 0.3) is 0 Å². The van der Waals surface area contributed by atoms with Gasteiger partial charge in [0.05, 0.1) is 20.8 Å². The van der Waals surface area contributed by atoms with Crippen LogP contribution in [0.5, 0.6) is 11.5 Å². The van der Waals surface area contributed by atoms with Crippen molar-refractivity contribution in [2.75, 3.05) is 40.4 Å². The number of benzene rings is 2. The molecule has 2 aromatic rings. The van der Waals surface area contributed by atoms with Crippen molar-refractivity contribution in [1.29, 1.82) is 0 Å². The fraction of sp³-hybridized carbons (Fsp3) is 0.381. The maximum atomic E-state index is 13.2. The van der Waals surface area contributed by atoms with Gasteiger partial charge >= 0.3 is 0 Å². The number of ether oxygens (including phenoxy) is 2. The van der Waals surface area contributed by atoms with E-state index < -0.39 is 21.9 Å². The van der Waals surface area contributed by atoms with E-state index in [1.165, 1.54) is 16.4 Å². The topological polar surface area (TPSA) is 88.2 Å². The van der Waals surface area contributed by atoms with Crippen molar-refractivity contribution < 1.29 is 27.1 Å². The van der Waals surface area contributed by atoms with Crippen LogP contribution in [0.1, 0.15) is 11.1 Å². The number of nitrogens with zero attached hydrogens (tertiary/aromatic N) is 2. The van der Waals surface area contributed by atoms with Gasteiger partial charge in [0, 0.05) is 31.2 Å². The molecule has 174 valence electrons. The van der Waals surface area contributed by atoms with Crippen molar-refractivity contribution in [2.45, 2.75) is 13.0 Å². The smallest absolute Gasteiger partial charge is 0.282 e. The van der Waals surface area contributed by atoms with Gasteiger partial charge in [-0.05, 0) is 41.8 Å². The van der Waals surface area contributed by atoms with Gasteiger partial charge in [-0.3, -0.25) is 4.79 Å². The van der Waals surface area contributed by atoms with Gasteiger partial charge in [-0.15, -0.1) is 0 Å². The molecule has 32 heavy (non-hydrogen) atoms. The lowest BCUT2D eigenvalue weighted by molar-refractivity contribution is -0.121. The van der Waals surface area contributed by atoms with Crippen molar-refractivity contribution in [2.24, 2.45) is 0 Å². The van der Waals surface area contributed by atoms with Crippen molar-refractivity contribution in [3.63, 3.8) is 0 Å². The monoisotopic (exact) mass is 485 g/mol. The molecule has 8 nitrogen and oxygen atoms in total. The highest BCUT2D eigenvalue weighted by Crippen LogP contribution is 2.27. The minimum Gasteiger partial charge on any atom is -0.493 e. The molecule has 1 amide bonds. The lowest BCUT2D eigenvalue weighted by Gasteiger charge is -2.19. The molecule has 11 heteroatoms. The van der Waals surface area contributed by atoms with Crippen LogP contribution in [0.2, 0.25) is 5.02 Å². The highest BCUT2D eigenvalue weighted by atomic mass is 35.5. The first-order valence-electron chi connectivity index (χ1n) is 9.91. The first kappa shape index (κ1) is 24.2. The van der Waals surface area contributed by atoms with Crippen LogP contribution in [-0.4, -0.2) is 63.3 Å². The summed E-state index contributed by atoms with van der Waals surface area (Å²) in [6, 6.07) is 9.31. The average Bonchev–Trinajstić information content (AvgIpc) is 3.03. The number of nitrogens with one attached hydrogen (secondary N) is 1. The second kappa shape index (κ2) is 10.5. The van der Waals surface area contributed by atoms with Crippen LogP contribution >= 0.6 is 11.6 Å². The lowest BCUT2D eigenvalue weighted by Crippen LogP contribution is -2.40. The van der Waals surface area contributed by atoms with E-state index in [0.29, 0.717) is 30.0 Å². The number of hydrogen-bond acceptors (Lipinski definition) is 5. The Hall–Kier alpha value is -2.40. The summed E-state index contributed by atoms with van der Waals surface area (Å²) in [5.74, 6) is 0.331. The second-order valence-corrected chi connectivity index (χ2v) is 9.54. The molecule has 0 aromatic heterocycles. The molecule has 0 saturated carbocycles. The predicted molar refractivity (Wildman–Crippen MR) is 119 cm³/mol. The normalized spacial score (nSPS) is 16.1. The van der Waals surface area contributed by atoms with Crippen LogP contribution in [0.15, 0.2) is 36.4 Å². The Balaban J connectivity index is 1.52. The van der Waals surface area contributed by atoms with Gasteiger partial charge in [-0.2, -0.15) is 17.0 Å². The molecule has 1 aliphatic rings. The highest BCUT2D eigenvalue weighted by Gasteiger charge is 2.37. The Kier molecular flexibility index (Phi) is 7.94. The maximum Gasteiger partial charge on any atom is 0.282 e. The minimum absolute atomic E-state index is 0.0128. The van der Waals surface area contributed by atoms with Crippen LogP contribution in [0.3, 0.4) is 0 Å². The molecule has 0 spiro atoms. The van der Waals surface area contributed by atoms with Crippen LogP contribution in [0.4, 0.5) is 4.39 Å². The first-order valence-corrected chi connectivity index (χ1v) is 11.7. The average molecular weight is 486 g/mol. The van der Waals surface area contributed by atoms with E-state index in [2.05, 4.69) is 5.32 Å². The summed E-state index contributed by atoms with van der Waals surface area (Å²) >= 11 is 6.01. The van der Waals surface area contributed by atoms with E-state index in [9.17, 15) is 17.6 Å². The van der Waals surface area contributed by atoms with Gasteiger partial charge in [0.25, 0.3) is 10.2 Å². The van der Waals surface area contributed by atoms with E-state index in [1.807, 2.05) is 12.1 Å². The van der Waals surface area contributed by atoms with Crippen molar-refractivity contribution >= 4 is 27.7 Å². The molecular formula is C21H25ClFN3O5S. The van der Waals surface area contributed by atoms with Gasteiger partial charge in [-0.1, -0.05) is 23.7 Å². The van der Waals surface area contributed by atoms with E-state index >= 15 is 0 Å². The number of carbonyl (C=O) groups is 1. The summed E-state index contributed by atoms with van der Waals surface area (Å²) in [7, 11) is -0.715. The Morgan fingerprint density at radius 1 is 1.09 bits per heavy atom. The second-order valence-electron chi connectivity index (χ2n) is 7.20. The van der Waals surface area contributed by atoms with E-state index in [1.54, 1.807) is 20.3 Å². The SMILES string of the molecule is COc1ccc(CCNC(=O)CN2CCN(Cc3ccc(F)cc3Cl)S2(=O)=O)cc1OC. The van der Waals surface area contributed by atoms with Crippen LogP contribution < -0.4 is 14.8 Å². The molecule has 1 heterocycles. The molecule has 1 saturated heterocycles. The molecule has 0 radical (unpaired) electrons. The van der Waals surface area contributed by atoms with Crippen molar-refractivity contribution in [1.82, 2.24) is 13.9 Å². The van der Waals surface area contributed by atoms with E-state index in [0.717, 1.165) is 15.9 Å². The summed E-state index contributed by atoms with van der Waals surface area (Å²) in [4.78, 5) is 12.3. The third-order valence-corrected chi connectivity index (χ3v) is 7.40. The molecule has 1 aliphatic heterocycles. The molecule has 1 N–H and O–H groups in total. The fourth-order valence-corrected chi connectivity index (χ4v) is 5.14. The summed E-state index contributed by atoms with van der Waals surface area (Å²) in [5.41, 5.74) is 1.44. The van der Waals surface area contributed by atoms with Crippen LogP contribution in [-0.2, 0) is 28.0 Å². The number of rotatable bonds is 9. The number of carbonyl (C=O) groups excluding carboxylic acids is 1. The third kappa shape index (κ3) is 5.69. The predicted octanol–water partition coefficient (Wildman–Crippen LogP) is 2.22. The van der Waals surface area contributed by atoms with Gasteiger partial charge in [0.1, 0.15) is 5.82 Å². The highest BCUT2D eigenvalue weighted by molar-refractivity contribution is 7.87. The minimum atomic E-state index is -3.82. The molecule has 0 aliphatic carbocycles. The number of halogens is 2. The molecule has 3 rings (SSSR count). The standard InChI is InChI=1S/C21H25ClFN3O5S/c1-30-19-6-3-15(11-20(19)31-2)7-8-24-21(27)14-26-10-9-25(32(26,28)29)13-16-4-5-17(23)12-18(16)22/h3-6,11-12H,7-10,13-14H2,1-2H3,(H,24,27). The van der Waals surface area contributed by atoms with Gasteiger partial charge in [0.15, 0.2) is 11.5 Å². The van der Waals surface area contributed by atoms with Gasteiger partial charge in [-0.25, -0.2) is 4.39 Å². The fourth-order valence-electron chi connectivity index (χ4n) is 3.38. The summed E-state index contributed by atoms with van der Waals surface area (Å²) < 4.78 is 51.6. The third-order valence-electron chi connectivity index (χ3n) is 5.12. The number of hydrogen-bond donors (Lipinski definition) is 1. The molecular weight excluding hydrogens is 461 g/mol. The summed E-state index contributed by atoms with van der Waals surface area (Å²) in [6.07, 6.45) is 0.550. The summed E-state index contributed by atoms with van der Waals surface area (Å²) in [5, 5.41) is 2.90. The lowest BCUT2D eigenvalue weighted by atomic mass is 10.1. The number of amides is 1. The molecule has 1 fully saturated rings. The largest absolute Gasteiger partial charge is 0.493 e. The molecule has 0 unspecified atom stereocenters. The van der Waals surface area contributed by atoms with E-state index in [4.69, 9.17) is 21.1 Å². The maximum absolute atomic E-state index is 13.2. The quantitative estimate of drug-likeness (QED) is 0.588.